The fourth-order valence-corrected chi connectivity index (χ4v) is 3.18. The van der Waals surface area contributed by atoms with Gasteiger partial charge in [0.15, 0.2) is 0 Å². The second-order valence-corrected chi connectivity index (χ2v) is 6.39. The maximum Gasteiger partial charge on any atom is 0.328 e. The summed E-state index contributed by atoms with van der Waals surface area (Å²) in [4.78, 5) is 26.6. The van der Waals surface area contributed by atoms with Crippen molar-refractivity contribution in [1.29, 1.82) is 0 Å². The number of hydrogen-bond acceptors (Lipinski definition) is 3. The Morgan fingerprint density at radius 3 is 2.46 bits per heavy atom. The third-order valence-corrected chi connectivity index (χ3v) is 4.89. The van der Waals surface area contributed by atoms with Crippen molar-refractivity contribution >= 4 is 35.1 Å². The summed E-state index contributed by atoms with van der Waals surface area (Å²) in [7, 11) is 1.32. The lowest BCUT2D eigenvalue weighted by Crippen LogP contribution is -2.49. The van der Waals surface area contributed by atoms with Gasteiger partial charge in [-0.2, -0.15) is 0 Å². The predicted octanol–water partition coefficient (Wildman–Crippen LogP) is 3.73. The van der Waals surface area contributed by atoms with E-state index in [2.05, 4.69) is 0 Å². The molecule has 1 aliphatic rings. The number of amides is 1. The smallest absolute Gasteiger partial charge is 0.328 e. The fraction of sp³-hybridized carbons (Fsp3) is 0.222. The van der Waals surface area contributed by atoms with Gasteiger partial charge in [-0.25, -0.2) is 4.79 Å². The van der Waals surface area contributed by atoms with Gasteiger partial charge in [0, 0.05) is 18.5 Å². The van der Waals surface area contributed by atoms with Gasteiger partial charge < -0.3 is 9.64 Å². The first-order valence-corrected chi connectivity index (χ1v) is 8.17. The van der Waals surface area contributed by atoms with Crippen molar-refractivity contribution < 1.29 is 14.3 Å². The first-order chi connectivity index (χ1) is 11.5. The number of carbonyl (C=O) groups is 2. The lowest BCUT2D eigenvalue weighted by molar-refractivity contribution is -0.146. The van der Waals surface area contributed by atoms with Gasteiger partial charge in [0.1, 0.15) is 6.04 Å². The number of benzene rings is 2. The van der Waals surface area contributed by atoms with Crippen LogP contribution in [0.1, 0.15) is 21.5 Å². The first-order valence-electron chi connectivity index (χ1n) is 7.42. The molecule has 1 aliphatic heterocycles. The molecule has 24 heavy (non-hydrogen) atoms. The summed E-state index contributed by atoms with van der Waals surface area (Å²) in [5.41, 5.74) is 2.45. The number of hydrogen-bond donors (Lipinski definition) is 0. The summed E-state index contributed by atoms with van der Waals surface area (Å²) in [5.74, 6) is -0.712. The van der Waals surface area contributed by atoms with Crippen LogP contribution in [0, 0.1) is 0 Å². The van der Waals surface area contributed by atoms with Crippen molar-refractivity contribution in [2.45, 2.75) is 19.0 Å². The average molecular weight is 364 g/mol. The van der Waals surface area contributed by atoms with Gasteiger partial charge in [0.2, 0.25) is 0 Å². The van der Waals surface area contributed by atoms with Crippen LogP contribution in [-0.2, 0) is 22.5 Å². The molecule has 0 fully saturated rings. The van der Waals surface area contributed by atoms with Crippen LogP contribution in [0.2, 0.25) is 10.0 Å². The number of nitrogens with zero attached hydrogens (tertiary/aromatic N) is 1. The SMILES string of the molecule is COC(=O)C1Cc2ccccc2CN1C(=O)c1ccc(Cl)c(Cl)c1. The lowest BCUT2D eigenvalue weighted by atomic mass is 9.93. The highest BCUT2D eigenvalue weighted by Crippen LogP contribution is 2.28. The number of fused-ring (bicyclic) bond motifs is 1. The van der Waals surface area contributed by atoms with Crippen molar-refractivity contribution in [3.8, 4) is 0 Å². The molecular formula is C18H15Cl2NO3. The van der Waals surface area contributed by atoms with Gasteiger partial charge >= 0.3 is 5.97 Å². The van der Waals surface area contributed by atoms with Gasteiger partial charge in [-0.15, -0.1) is 0 Å². The summed E-state index contributed by atoms with van der Waals surface area (Å²) < 4.78 is 4.88. The summed E-state index contributed by atoms with van der Waals surface area (Å²) in [6.07, 6.45) is 0.426. The van der Waals surface area contributed by atoms with Crippen molar-refractivity contribution in [2.24, 2.45) is 0 Å². The maximum absolute atomic E-state index is 12.9. The summed E-state index contributed by atoms with van der Waals surface area (Å²) in [6.45, 7) is 0.342. The molecule has 1 unspecified atom stereocenters. The monoisotopic (exact) mass is 363 g/mol. The molecular weight excluding hydrogens is 349 g/mol. The van der Waals surface area contributed by atoms with Crippen LogP contribution in [0.3, 0.4) is 0 Å². The predicted molar refractivity (Wildman–Crippen MR) is 92.3 cm³/mol. The number of halogens is 2. The number of rotatable bonds is 2. The zero-order valence-electron chi connectivity index (χ0n) is 13.0. The lowest BCUT2D eigenvalue weighted by Gasteiger charge is -2.35. The van der Waals surface area contributed by atoms with Gasteiger partial charge in [-0.1, -0.05) is 47.5 Å². The highest BCUT2D eigenvalue weighted by molar-refractivity contribution is 6.42. The molecule has 0 bridgehead atoms. The summed E-state index contributed by atoms with van der Waals surface area (Å²) in [5, 5.41) is 0.677. The molecule has 1 amide bonds. The molecule has 4 nitrogen and oxygen atoms in total. The molecule has 0 spiro atoms. The van der Waals surface area contributed by atoms with Crippen molar-refractivity contribution in [3.63, 3.8) is 0 Å². The average Bonchev–Trinajstić information content (AvgIpc) is 2.61. The molecule has 6 heteroatoms. The Balaban J connectivity index is 1.98. The largest absolute Gasteiger partial charge is 0.467 e. The third kappa shape index (κ3) is 3.12. The number of methoxy groups -OCH3 is 1. The van der Waals surface area contributed by atoms with Gasteiger partial charge in [0.25, 0.3) is 5.91 Å². The number of carbonyl (C=O) groups excluding carboxylic acids is 2. The van der Waals surface area contributed by atoms with E-state index in [0.29, 0.717) is 28.6 Å². The van der Waals surface area contributed by atoms with E-state index < -0.39 is 12.0 Å². The molecule has 0 aromatic heterocycles. The van der Waals surface area contributed by atoms with E-state index in [1.54, 1.807) is 12.1 Å². The molecule has 124 valence electrons. The van der Waals surface area contributed by atoms with Crippen molar-refractivity contribution in [3.05, 3.63) is 69.2 Å². The fourth-order valence-electron chi connectivity index (χ4n) is 2.88. The molecule has 0 saturated heterocycles. The van der Waals surface area contributed by atoms with E-state index in [1.165, 1.54) is 18.1 Å². The first kappa shape index (κ1) is 16.8. The number of ether oxygens (including phenoxy) is 1. The summed E-state index contributed by atoms with van der Waals surface area (Å²) in [6, 6.07) is 11.8. The highest BCUT2D eigenvalue weighted by atomic mass is 35.5. The van der Waals surface area contributed by atoms with E-state index in [1.807, 2.05) is 24.3 Å². The Labute approximate surface area is 149 Å². The highest BCUT2D eigenvalue weighted by Gasteiger charge is 2.35. The minimum atomic E-state index is -0.660. The van der Waals surface area contributed by atoms with Crippen LogP contribution in [0.25, 0.3) is 0 Å². The Morgan fingerprint density at radius 1 is 1.08 bits per heavy atom. The number of esters is 1. The molecule has 1 heterocycles. The van der Waals surface area contributed by atoms with Crippen molar-refractivity contribution in [1.82, 2.24) is 4.90 Å². The van der Waals surface area contributed by atoms with Crippen LogP contribution >= 0.6 is 23.2 Å². The molecule has 2 aromatic rings. The minimum absolute atomic E-state index is 0.279. The Morgan fingerprint density at radius 2 is 1.79 bits per heavy atom. The van der Waals surface area contributed by atoms with Gasteiger partial charge in [0.05, 0.1) is 17.2 Å². The van der Waals surface area contributed by atoms with Gasteiger partial charge in [-0.3, -0.25) is 4.79 Å². The molecule has 0 saturated carbocycles. The van der Waals surface area contributed by atoms with Crippen LogP contribution in [-0.4, -0.2) is 29.9 Å². The molecule has 0 N–H and O–H groups in total. The van der Waals surface area contributed by atoms with Crippen molar-refractivity contribution in [2.75, 3.05) is 7.11 Å². The quantitative estimate of drug-likeness (QED) is 0.763. The van der Waals surface area contributed by atoms with E-state index in [-0.39, 0.29) is 5.91 Å². The zero-order valence-corrected chi connectivity index (χ0v) is 14.5. The molecule has 1 atom stereocenters. The van der Waals surface area contributed by atoms with E-state index in [0.717, 1.165) is 11.1 Å². The van der Waals surface area contributed by atoms with Crippen LogP contribution < -0.4 is 0 Å². The van der Waals surface area contributed by atoms with Crippen LogP contribution in [0.15, 0.2) is 42.5 Å². The Kier molecular flexibility index (Phi) is 4.78. The maximum atomic E-state index is 12.9. The van der Waals surface area contributed by atoms with E-state index >= 15 is 0 Å². The van der Waals surface area contributed by atoms with Gasteiger partial charge in [-0.05, 0) is 29.3 Å². The standard InChI is InChI=1S/C18H15Cl2NO3/c1-24-18(23)16-9-11-4-2-3-5-13(11)10-21(16)17(22)12-6-7-14(19)15(20)8-12/h2-8,16H,9-10H2,1H3. The van der Waals surface area contributed by atoms with Crippen LogP contribution in [0.4, 0.5) is 0 Å². The second kappa shape index (κ2) is 6.83. The molecule has 0 radical (unpaired) electrons. The molecule has 3 rings (SSSR count). The second-order valence-electron chi connectivity index (χ2n) is 5.57. The third-order valence-electron chi connectivity index (χ3n) is 4.15. The van der Waals surface area contributed by atoms with E-state index in [4.69, 9.17) is 27.9 Å². The summed E-state index contributed by atoms with van der Waals surface area (Å²) >= 11 is 11.9. The Bertz CT molecular complexity index is 807. The molecule has 2 aromatic carbocycles. The minimum Gasteiger partial charge on any atom is -0.467 e. The van der Waals surface area contributed by atoms with E-state index in [9.17, 15) is 9.59 Å². The molecule has 0 aliphatic carbocycles. The topological polar surface area (TPSA) is 46.6 Å². The normalized spacial score (nSPS) is 16.5. The Hall–Kier alpha value is -2.04. The zero-order chi connectivity index (χ0) is 17.3. The van der Waals surface area contributed by atoms with Crippen LogP contribution in [0.5, 0.6) is 0 Å².